The van der Waals surface area contributed by atoms with Crippen molar-refractivity contribution in [2.24, 2.45) is 5.73 Å². The van der Waals surface area contributed by atoms with Crippen molar-refractivity contribution in [3.63, 3.8) is 0 Å². The Morgan fingerprint density at radius 1 is 1.09 bits per heavy atom. The maximum absolute atomic E-state index is 12.7. The lowest BCUT2D eigenvalue weighted by atomic mass is 9.94. The lowest BCUT2D eigenvalue weighted by molar-refractivity contribution is 0.674. The van der Waals surface area contributed by atoms with Gasteiger partial charge in [0.25, 0.3) is 5.56 Å². The molecular weight excluding hydrogens is 272 g/mol. The van der Waals surface area contributed by atoms with Crippen molar-refractivity contribution in [1.29, 1.82) is 0 Å². The summed E-state index contributed by atoms with van der Waals surface area (Å²) in [6.45, 7) is 10.9. The summed E-state index contributed by atoms with van der Waals surface area (Å²) in [6.07, 6.45) is 0. The van der Waals surface area contributed by atoms with Crippen molar-refractivity contribution in [1.82, 2.24) is 4.57 Å². The Morgan fingerprint density at radius 2 is 1.64 bits per heavy atom. The van der Waals surface area contributed by atoms with E-state index < -0.39 is 0 Å². The number of hydrogen-bond donors (Lipinski definition) is 1. The summed E-state index contributed by atoms with van der Waals surface area (Å²) in [5, 5.41) is 0. The minimum atomic E-state index is -0.382. The van der Waals surface area contributed by atoms with Gasteiger partial charge in [-0.1, -0.05) is 38.1 Å². The number of rotatable bonds is 4. The van der Waals surface area contributed by atoms with Crippen LogP contribution in [0.15, 0.2) is 35.1 Å². The fourth-order valence-corrected chi connectivity index (χ4v) is 2.97. The number of benzene rings is 1. The van der Waals surface area contributed by atoms with Crippen LogP contribution in [-0.2, 0) is 6.54 Å². The molecule has 0 aliphatic carbocycles. The van der Waals surface area contributed by atoms with Gasteiger partial charge < -0.3 is 10.3 Å². The van der Waals surface area contributed by atoms with Crippen molar-refractivity contribution in [3.05, 3.63) is 68.6 Å². The van der Waals surface area contributed by atoms with Crippen molar-refractivity contribution in [2.75, 3.05) is 0 Å². The largest absolute Gasteiger partial charge is 0.320 e. The predicted molar refractivity (Wildman–Crippen MR) is 92.4 cm³/mol. The molecule has 1 unspecified atom stereocenters. The Hall–Kier alpha value is -1.87. The van der Waals surface area contributed by atoms with Crippen LogP contribution >= 0.6 is 0 Å². The second-order valence-electron chi connectivity index (χ2n) is 6.23. The normalized spacial score (nSPS) is 12.7. The molecule has 0 bridgehead atoms. The fraction of sp³-hybridized carbons (Fsp3) is 0.421. The maximum Gasteiger partial charge on any atom is 0.256 e. The summed E-state index contributed by atoms with van der Waals surface area (Å²) >= 11 is 0. The molecular formula is C19H26N2O. The molecule has 0 fully saturated rings. The number of aromatic nitrogens is 1. The third kappa shape index (κ3) is 3.00. The lowest BCUT2D eigenvalue weighted by Crippen LogP contribution is -2.31. The quantitative estimate of drug-likeness (QED) is 0.936. The van der Waals surface area contributed by atoms with E-state index in [4.69, 9.17) is 5.73 Å². The van der Waals surface area contributed by atoms with E-state index >= 15 is 0 Å². The number of aryl methyl sites for hydroxylation is 2. The second kappa shape index (κ2) is 6.49. The first-order valence-corrected chi connectivity index (χ1v) is 7.93. The molecule has 1 heterocycles. The van der Waals surface area contributed by atoms with E-state index in [1.54, 1.807) is 4.57 Å². The fourth-order valence-electron chi connectivity index (χ4n) is 2.97. The molecule has 1 atom stereocenters. The summed E-state index contributed by atoms with van der Waals surface area (Å²) in [5.41, 5.74) is 11.3. The molecule has 1 aromatic heterocycles. The van der Waals surface area contributed by atoms with Gasteiger partial charge in [0, 0.05) is 17.8 Å². The minimum absolute atomic E-state index is 0.0282. The van der Waals surface area contributed by atoms with Crippen LogP contribution in [0, 0.1) is 13.8 Å². The topological polar surface area (TPSA) is 48.0 Å². The van der Waals surface area contributed by atoms with Gasteiger partial charge in [0.15, 0.2) is 0 Å². The van der Waals surface area contributed by atoms with E-state index in [0.29, 0.717) is 18.0 Å². The van der Waals surface area contributed by atoms with Gasteiger partial charge >= 0.3 is 0 Å². The highest BCUT2D eigenvalue weighted by molar-refractivity contribution is 5.37. The van der Waals surface area contributed by atoms with Crippen LogP contribution in [0.25, 0.3) is 0 Å². The maximum atomic E-state index is 12.7. The molecule has 0 amide bonds. The van der Waals surface area contributed by atoms with Crippen LogP contribution in [0.5, 0.6) is 0 Å². The highest BCUT2D eigenvalue weighted by atomic mass is 16.1. The first kappa shape index (κ1) is 16.5. The molecule has 0 spiro atoms. The first-order chi connectivity index (χ1) is 10.4. The summed E-state index contributed by atoms with van der Waals surface area (Å²) in [5.74, 6) is 0.490. The Labute approximate surface area is 132 Å². The third-order valence-corrected chi connectivity index (χ3v) is 4.34. The van der Waals surface area contributed by atoms with Crippen molar-refractivity contribution in [3.8, 4) is 0 Å². The number of pyridine rings is 1. The summed E-state index contributed by atoms with van der Waals surface area (Å²) in [7, 11) is 0. The van der Waals surface area contributed by atoms with Gasteiger partial charge in [-0.05, 0) is 49.4 Å². The molecule has 0 saturated carbocycles. The average molecular weight is 298 g/mol. The number of nitrogens with two attached hydrogens (primary N) is 1. The minimum Gasteiger partial charge on any atom is -0.320 e. The van der Waals surface area contributed by atoms with Crippen LogP contribution in [-0.4, -0.2) is 4.57 Å². The van der Waals surface area contributed by atoms with Crippen molar-refractivity contribution < 1.29 is 0 Å². The lowest BCUT2D eigenvalue weighted by Gasteiger charge is -2.18. The molecule has 2 rings (SSSR count). The highest BCUT2D eigenvalue weighted by Crippen LogP contribution is 2.23. The van der Waals surface area contributed by atoms with E-state index in [-0.39, 0.29) is 11.6 Å². The molecule has 0 saturated heterocycles. The summed E-state index contributed by atoms with van der Waals surface area (Å²) in [4.78, 5) is 12.7. The van der Waals surface area contributed by atoms with Gasteiger partial charge in [-0.25, -0.2) is 0 Å². The van der Waals surface area contributed by atoms with Gasteiger partial charge in [0.1, 0.15) is 0 Å². The van der Waals surface area contributed by atoms with Gasteiger partial charge in [-0.3, -0.25) is 4.79 Å². The zero-order valence-corrected chi connectivity index (χ0v) is 14.2. The molecule has 22 heavy (non-hydrogen) atoms. The van der Waals surface area contributed by atoms with Crippen molar-refractivity contribution >= 4 is 0 Å². The molecule has 118 valence electrons. The van der Waals surface area contributed by atoms with E-state index in [0.717, 1.165) is 16.8 Å². The number of nitrogens with zero attached hydrogens (tertiary/aromatic N) is 1. The Bertz CT molecular complexity index is 711. The zero-order valence-electron chi connectivity index (χ0n) is 14.2. The Morgan fingerprint density at radius 3 is 2.14 bits per heavy atom. The number of hydrogen-bond acceptors (Lipinski definition) is 2. The third-order valence-electron chi connectivity index (χ3n) is 4.34. The van der Waals surface area contributed by atoms with Crippen molar-refractivity contribution in [2.45, 2.75) is 53.1 Å². The van der Waals surface area contributed by atoms with Gasteiger partial charge in [0.2, 0.25) is 0 Å². The molecule has 2 N–H and O–H groups in total. The summed E-state index contributed by atoms with van der Waals surface area (Å²) in [6, 6.07) is 9.93. The molecule has 3 nitrogen and oxygen atoms in total. The molecule has 0 radical (unpaired) electrons. The second-order valence-corrected chi connectivity index (χ2v) is 6.23. The zero-order chi connectivity index (χ0) is 16.4. The highest BCUT2D eigenvalue weighted by Gasteiger charge is 2.18. The van der Waals surface area contributed by atoms with Crippen LogP contribution in [0.1, 0.15) is 60.7 Å². The van der Waals surface area contributed by atoms with E-state index in [2.05, 4.69) is 26.0 Å². The van der Waals surface area contributed by atoms with E-state index in [1.807, 2.05) is 39.0 Å². The molecule has 2 aromatic rings. The van der Waals surface area contributed by atoms with Crippen LogP contribution in [0.4, 0.5) is 0 Å². The Kier molecular flexibility index (Phi) is 4.87. The smallest absolute Gasteiger partial charge is 0.256 e. The summed E-state index contributed by atoms with van der Waals surface area (Å²) < 4.78 is 1.78. The van der Waals surface area contributed by atoms with Crippen LogP contribution in [0.2, 0.25) is 0 Å². The standard InChI is InChI=1S/C19H26N2O/c1-6-21-14(5)11-13(4)17(19(21)22)18(20)16-9-7-15(8-10-16)12(2)3/h7-12,18H,6,20H2,1-5H3. The SMILES string of the molecule is CCn1c(C)cc(C)c(C(N)c2ccc(C(C)C)cc2)c1=O. The van der Waals surface area contributed by atoms with Crippen LogP contribution in [0.3, 0.4) is 0 Å². The molecule has 0 aliphatic rings. The van der Waals surface area contributed by atoms with Gasteiger partial charge in [-0.15, -0.1) is 0 Å². The molecule has 0 aliphatic heterocycles. The van der Waals surface area contributed by atoms with Gasteiger partial charge in [-0.2, -0.15) is 0 Å². The predicted octanol–water partition coefficient (Wildman–Crippen LogP) is 3.66. The van der Waals surface area contributed by atoms with Crippen LogP contribution < -0.4 is 11.3 Å². The molecule has 1 aromatic carbocycles. The monoisotopic (exact) mass is 298 g/mol. The van der Waals surface area contributed by atoms with Gasteiger partial charge in [0.05, 0.1) is 6.04 Å². The Balaban J connectivity index is 2.49. The van der Waals surface area contributed by atoms with E-state index in [9.17, 15) is 4.79 Å². The average Bonchev–Trinajstić information content (AvgIpc) is 2.47. The first-order valence-electron chi connectivity index (χ1n) is 7.93. The molecule has 3 heteroatoms. The van der Waals surface area contributed by atoms with E-state index in [1.165, 1.54) is 5.56 Å².